The van der Waals surface area contributed by atoms with Crippen molar-refractivity contribution in [2.75, 3.05) is 13.2 Å². The van der Waals surface area contributed by atoms with E-state index >= 15 is 0 Å². The average molecular weight is 286 g/mol. The van der Waals surface area contributed by atoms with Crippen LogP contribution in [0.4, 0.5) is 0 Å². The molecule has 2 aromatic rings. The number of rotatable bonds is 5. The Morgan fingerprint density at radius 1 is 1.33 bits per heavy atom. The van der Waals surface area contributed by atoms with Crippen molar-refractivity contribution >= 4 is 5.91 Å². The number of amides is 1. The fourth-order valence-electron chi connectivity index (χ4n) is 2.52. The molecule has 0 radical (unpaired) electrons. The molecule has 0 atom stereocenters. The van der Waals surface area contributed by atoms with Gasteiger partial charge in [0.2, 0.25) is 0 Å². The van der Waals surface area contributed by atoms with E-state index in [0.717, 1.165) is 24.8 Å². The molecule has 1 saturated carbocycles. The summed E-state index contributed by atoms with van der Waals surface area (Å²) in [6, 6.07) is 11.4. The Kier molecular flexibility index (Phi) is 4.01. The number of aliphatic hydroxyl groups is 1. The van der Waals surface area contributed by atoms with Gasteiger partial charge in [0.25, 0.3) is 5.91 Å². The molecule has 0 spiro atoms. The molecule has 1 aliphatic carbocycles. The van der Waals surface area contributed by atoms with E-state index in [4.69, 9.17) is 9.63 Å². The summed E-state index contributed by atoms with van der Waals surface area (Å²) in [5.74, 6) is 0.413. The molecule has 1 fully saturated rings. The van der Waals surface area contributed by atoms with Crippen LogP contribution in [0, 0.1) is 0 Å². The molecule has 0 unspecified atom stereocenters. The number of benzene rings is 1. The fourth-order valence-corrected chi connectivity index (χ4v) is 2.52. The molecule has 5 nitrogen and oxygen atoms in total. The van der Waals surface area contributed by atoms with Gasteiger partial charge >= 0.3 is 0 Å². The first-order chi connectivity index (χ1) is 10.3. The number of nitrogens with zero attached hydrogens (tertiary/aromatic N) is 2. The van der Waals surface area contributed by atoms with Crippen molar-refractivity contribution in [3.8, 4) is 11.3 Å². The zero-order valence-electron chi connectivity index (χ0n) is 11.7. The van der Waals surface area contributed by atoms with Crippen LogP contribution in [0.25, 0.3) is 11.3 Å². The van der Waals surface area contributed by atoms with Gasteiger partial charge in [0.05, 0.1) is 6.61 Å². The van der Waals surface area contributed by atoms with E-state index in [2.05, 4.69) is 5.16 Å². The van der Waals surface area contributed by atoms with Gasteiger partial charge in [-0.2, -0.15) is 0 Å². The first-order valence-electron chi connectivity index (χ1n) is 7.23. The topological polar surface area (TPSA) is 66.6 Å². The minimum absolute atomic E-state index is 0.0361. The summed E-state index contributed by atoms with van der Waals surface area (Å²) in [4.78, 5) is 14.2. The maximum Gasteiger partial charge on any atom is 0.276 e. The minimum Gasteiger partial charge on any atom is -0.395 e. The smallest absolute Gasteiger partial charge is 0.276 e. The first kappa shape index (κ1) is 13.8. The highest BCUT2D eigenvalue weighted by molar-refractivity contribution is 5.93. The van der Waals surface area contributed by atoms with Gasteiger partial charge in [0, 0.05) is 24.2 Å². The van der Waals surface area contributed by atoms with Crippen molar-refractivity contribution in [3.63, 3.8) is 0 Å². The van der Waals surface area contributed by atoms with Crippen molar-refractivity contribution < 1.29 is 14.4 Å². The van der Waals surface area contributed by atoms with E-state index in [0.29, 0.717) is 18.0 Å². The zero-order valence-corrected chi connectivity index (χ0v) is 11.7. The van der Waals surface area contributed by atoms with Gasteiger partial charge in [0.15, 0.2) is 11.5 Å². The van der Waals surface area contributed by atoms with Crippen LogP contribution in [0.5, 0.6) is 0 Å². The molecular weight excluding hydrogens is 268 g/mol. The second-order valence-electron chi connectivity index (χ2n) is 5.25. The van der Waals surface area contributed by atoms with E-state index in [9.17, 15) is 4.79 Å². The summed E-state index contributed by atoms with van der Waals surface area (Å²) in [6.45, 7) is 0.308. The van der Waals surface area contributed by atoms with E-state index < -0.39 is 0 Å². The summed E-state index contributed by atoms with van der Waals surface area (Å²) in [5.41, 5.74) is 1.19. The Balaban J connectivity index is 1.79. The maximum absolute atomic E-state index is 12.5. The lowest BCUT2D eigenvalue weighted by Crippen LogP contribution is -2.45. The second kappa shape index (κ2) is 6.10. The van der Waals surface area contributed by atoms with Crippen LogP contribution in [0.1, 0.15) is 29.8 Å². The quantitative estimate of drug-likeness (QED) is 0.916. The van der Waals surface area contributed by atoms with Crippen LogP contribution in [0.15, 0.2) is 40.9 Å². The summed E-state index contributed by atoms with van der Waals surface area (Å²) in [6.07, 6.45) is 3.12. The van der Waals surface area contributed by atoms with Crippen molar-refractivity contribution in [2.45, 2.75) is 25.3 Å². The summed E-state index contributed by atoms with van der Waals surface area (Å²) < 4.78 is 5.27. The first-order valence-corrected chi connectivity index (χ1v) is 7.23. The van der Waals surface area contributed by atoms with E-state index in [-0.39, 0.29) is 18.6 Å². The maximum atomic E-state index is 12.5. The van der Waals surface area contributed by atoms with Crippen molar-refractivity contribution in [2.24, 2.45) is 0 Å². The van der Waals surface area contributed by atoms with Crippen LogP contribution in [-0.4, -0.2) is 40.3 Å². The molecule has 21 heavy (non-hydrogen) atoms. The highest BCUT2D eigenvalue weighted by Crippen LogP contribution is 2.27. The number of carbonyl (C=O) groups excluding carboxylic acids is 1. The van der Waals surface area contributed by atoms with E-state index in [1.165, 1.54) is 0 Å². The predicted octanol–water partition coefficient (Wildman–Crippen LogP) is 2.33. The predicted molar refractivity (Wildman–Crippen MR) is 77.7 cm³/mol. The van der Waals surface area contributed by atoms with Crippen LogP contribution >= 0.6 is 0 Å². The summed E-state index contributed by atoms with van der Waals surface area (Å²) in [7, 11) is 0. The van der Waals surface area contributed by atoms with Gasteiger partial charge in [-0.05, 0) is 19.3 Å². The molecule has 5 heteroatoms. The third-order valence-electron chi connectivity index (χ3n) is 3.90. The van der Waals surface area contributed by atoms with Crippen molar-refractivity contribution in [1.29, 1.82) is 0 Å². The largest absolute Gasteiger partial charge is 0.395 e. The Morgan fingerprint density at radius 3 is 2.71 bits per heavy atom. The molecule has 1 aliphatic rings. The highest BCUT2D eigenvalue weighted by atomic mass is 16.5. The molecule has 0 bridgehead atoms. The number of carbonyl (C=O) groups is 1. The van der Waals surface area contributed by atoms with Gasteiger partial charge in [0.1, 0.15) is 0 Å². The lowest BCUT2D eigenvalue weighted by molar-refractivity contribution is 0.0516. The number of aromatic nitrogens is 1. The van der Waals surface area contributed by atoms with Gasteiger partial charge < -0.3 is 14.5 Å². The number of hydrogen-bond donors (Lipinski definition) is 1. The SMILES string of the molecule is O=C(c1cc(-c2ccccc2)on1)N(CCO)C1CCC1. The third kappa shape index (κ3) is 2.83. The Bertz CT molecular complexity index is 605. The number of hydrogen-bond acceptors (Lipinski definition) is 4. The second-order valence-corrected chi connectivity index (χ2v) is 5.25. The summed E-state index contributed by atoms with van der Waals surface area (Å²) in [5, 5.41) is 13.0. The fraction of sp³-hybridized carbons (Fsp3) is 0.375. The molecule has 1 heterocycles. The average Bonchev–Trinajstić information content (AvgIpc) is 2.95. The van der Waals surface area contributed by atoms with Crippen LogP contribution in [0.3, 0.4) is 0 Å². The molecular formula is C16H18N2O3. The molecule has 0 aliphatic heterocycles. The normalized spacial score (nSPS) is 14.7. The molecule has 1 aromatic heterocycles. The zero-order chi connectivity index (χ0) is 14.7. The van der Waals surface area contributed by atoms with Crippen LogP contribution in [0.2, 0.25) is 0 Å². The van der Waals surface area contributed by atoms with E-state index in [1.54, 1.807) is 11.0 Å². The highest BCUT2D eigenvalue weighted by Gasteiger charge is 2.30. The Morgan fingerprint density at radius 2 is 2.10 bits per heavy atom. The molecule has 110 valence electrons. The molecule has 1 aromatic carbocycles. The van der Waals surface area contributed by atoms with Gasteiger partial charge in [-0.1, -0.05) is 35.5 Å². The summed E-state index contributed by atoms with van der Waals surface area (Å²) >= 11 is 0. The van der Waals surface area contributed by atoms with E-state index in [1.807, 2.05) is 30.3 Å². The monoisotopic (exact) mass is 286 g/mol. The standard InChI is InChI=1S/C16H18N2O3/c19-10-9-18(13-7-4-8-13)16(20)14-11-15(21-17-14)12-5-2-1-3-6-12/h1-3,5-6,11,13,19H,4,7-10H2. The Hall–Kier alpha value is -2.14. The number of aliphatic hydroxyl groups excluding tert-OH is 1. The van der Waals surface area contributed by atoms with Gasteiger partial charge in [-0.3, -0.25) is 4.79 Å². The van der Waals surface area contributed by atoms with Crippen molar-refractivity contribution in [1.82, 2.24) is 10.1 Å². The molecule has 1 N–H and O–H groups in total. The van der Waals surface area contributed by atoms with Crippen molar-refractivity contribution in [3.05, 3.63) is 42.1 Å². The third-order valence-corrected chi connectivity index (χ3v) is 3.90. The molecule has 3 rings (SSSR count). The Labute approximate surface area is 123 Å². The molecule has 1 amide bonds. The van der Waals surface area contributed by atoms with Gasteiger partial charge in [-0.15, -0.1) is 0 Å². The lowest BCUT2D eigenvalue weighted by atomic mass is 9.91. The molecule has 0 saturated heterocycles. The minimum atomic E-state index is -0.167. The lowest BCUT2D eigenvalue weighted by Gasteiger charge is -2.36. The van der Waals surface area contributed by atoms with Crippen LogP contribution in [-0.2, 0) is 0 Å². The van der Waals surface area contributed by atoms with Crippen LogP contribution < -0.4 is 0 Å². The van der Waals surface area contributed by atoms with Gasteiger partial charge in [-0.25, -0.2) is 0 Å².